The van der Waals surface area contributed by atoms with Gasteiger partial charge in [0, 0.05) is 17.6 Å². The summed E-state index contributed by atoms with van der Waals surface area (Å²) in [5.41, 5.74) is 3.54. The van der Waals surface area contributed by atoms with Gasteiger partial charge in [0.1, 0.15) is 0 Å². The molecule has 0 aliphatic heterocycles. The Balaban J connectivity index is 1.41. The number of rotatable bonds is 5. The van der Waals surface area contributed by atoms with Gasteiger partial charge in [0.2, 0.25) is 5.91 Å². The van der Waals surface area contributed by atoms with E-state index in [2.05, 4.69) is 10.3 Å². The van der Waals surface area contributed by atoms with E-state index in [-0.39, 0.29) is 11.5 Å². The van der Waals surface area contributed by atoms with Crippen LogP contribution in [0.5, 0.6) is 0 Å². The largest absolute Gasteiger partial charge is 0.355 e. The molecule has 1 amide bonds. The summed E-state index contributed by atoms with van der Waals surface area (Å²) in [7, 11) is 0. The van der Waals surface area contributed by atoms with Gasteiger partial charge in [-0.15, -0.1) is 0 Å². The minimum Gasteiger partial charge on any atom is -0.355 e. The lowest BCUT2D eigenvalue weighted by Crippen LogP contribution is -2.28. The molecular formula is C24H22N2O2. The van der Waals surface area contributed by atoms with Crippen LogP contribution in [-0.2, 0) is 17.6 Å². The fourth-order valence-electron chi connectivity index (χ4n) is 3.56. The molecule has 0 unspecified atom stereocenters. The minimum absolute atomic E-state index is 0.0378. The van der Waals surface area contributed by atoms with Crippen molar-refractivity contribution in [2.45, 2.75) is 19.8 Å². The van der Waals surface area contributed by atoms with Gasteiger partial charge in [-0.1, -0.05) is 54.6 Å². The summed E-state index contributed by atoms with van der Waals surface area (Å²) >= 11 is 0. The first-order valence-electron chi connectivity index (χ1n) is 9.46. The van der Waals surface area contributed by atoms with E-state index in [0.717, 1.165) is 32.8 Å². The number of carbonyl (C=O) groups excluding carboxylic acids is 1. The number of aromatic amines is 1. The lowest BCUT2D eigenvalue weighted by atomic mass is 10.0. The van der Waals surface area contributed by atoms with E-state index < -0.39 is 0 Å². The van der Waals surface area contributed by atoms with E-state index >= 15 is 0 Å². The zero-order chi connectivity index (χ0) is 19.5. The SMILES string of the molecule is Cc1ccc2cc(CCNC(=O)Cc3cccc4ccccc34)c(=O)[nH]c2c1. The van der Waals surface area contributed by atoms with Crippen LogP contribution in [0, 0.1) is 6.92 Å². The van der Waals surface area contributed by atoms with Crippen molar-refractivity contribution < 1.29 is 4.79 Å². The van der Waals surface area contributed by atoms with Crippen molar-refractivity contribution in [2.75, 3.05) is 6.54 Å². The molecule has 0 saturated heterocycles. The maximum atomic E-state index is 12.4. The molecule has 4 heteroatoms. The summed E-state index contributed by atoms with van der Waals surface area (Å²) in [6, 6.07) is 22.0. The van der Waals surface area contributed by atoms with Crippen molar-refractivity contribution in [2.24, 2.45) is 0 Å². The fourth-order valence-corrected chi connectivity index (χ4v) is 3.56. The molecule has 4 nitrogen and oxygen atoms in total. The van der Waals surface area contributed by atoms with Crippen LogP contribution in [0.3, 0.4) is 0 Å². The number of aromatic nitrogens is 1. The molecule has 0 atom stereocenters. The predicted octanol–water partition coefficient (Wildman–Crippen LogP) is 3.89. The van der Waals surface area contributed by atoms with Crippen LogP contribution < -0.4 is 10.9 Å². The zero-order valence-corrected chi connectivity index (χ0v) is 15.8. The predicted molar refractivity (Wildman–Crippen MR) is 114 cm³/mol. The molecule has 0 aliphatic rings. The van der Waals surface area contributed by atoms with Crippen molar-refractivity contribution in [3.63, 3.8) is 0 Å². The van der Waals surface area contributed by atoms with E-state index in [9.17, 15) is 9.59 Å². The zero-order valence-electron chi connectivity index (χ0n) is 15.8. The van der Waals surface area contributed by atoms with Crippen molar-refractivity contribution >= 4 is 27.6 Å². The summed E-state index contributed by atoms with van der Waals surface area (Å²) in [4.78, 5) is 27.6. The van der Waals surface area contributed by atoms with Crippen LogP contribution in [0.4, 0.5) is 0 Å². The third-order valence-electron chi connectivity index (χ3n) is 5.03. The van der Waals surface area contributed by atoms with Gasteiger partial charge in [0.05, 0.1) is 6.42 Å². The lowest BCUT2D eigenvalue weighted by molar-refractivity contribution is -0.120. The molecule has 2 N–H and O–H groups in total. The highest BCUT2D eigenvalue weighted by atomic mass is 16.1. The molecule has 1 aromatic heterocycles. The Morgan fingerprint density at radius 2 is 1.75 bits per heavy atom. The first-order valence-corrected chi connectivity index (χ1v) is 9.46. The summed E-state index contributed by atoms with van der Waals surface area (Å²) in [5.74, 6) is -0.0378. The lowest BCUT2D eigenvalue weighted by Gasteiger charge is -2.08. The normalized spacial score (nSPS) is 11.0. The van der Waals surface area contributed by atoms with E-state index in [1.54, 1.807) is 0 Å². The number of hydrogen-bond donors (Lipinski definition) is 2. The molecule has 0 spiro atoms. The number of aryl methyl sites for hydroxylation is 1. The Labute approximate surface area is 163 Å². The molecule has 0 saturated carbocycles. The van der Waals surface area contributed by atoms with Gasteiger partial charge < -0.3 is 10.3 Å². The number of amides is 1. The molecule has 0 aliphatic carbocycles. The van der Waals surface area contributed by atoms with Crippen LogP contribution in [-0.4, -0.2) is 17.4 Å². The molecule has 1 heterocycles. The highest BCUT2D eigenvalue weighted by molar-refractivity contribution is 5.90. The Morgan fingerprint density at radius 3 is 2.64 bits per heavy atom. The monoisotopic (exact) mass is 370 g/mol. The number of benzene rings is 3. The van der Waals surface area contributed by atoms with Crippen molar-refractivity contribution in [1.82, 2.24) is 10.3 Å². The van der Waals surface area contributed by atoms with Gasteiger partial charge in [-0.3, -0.25) is 9.59 Å². The van der Waals surface area contributed by atoms with Crippen LogP contribution in [0.15, 0.2) is 71.5 Å². The number of pyridine rings is 1. The van der Waals surface area contributed by atoms with Gasteiger partial charge in [-0.2, -0.15) is 0 Å². The molecule has 3 aromatic carbocycles. The number of fused-ring (bicyclic) bond motifs is 2. The van der Waals surface area contributed by atoms with Gasteiger partial charge in [-0.25, -0.2) is 0 Å². The summed E-state index contributed by atoms with van der Waals surface area (Å²) in [5, 5.41) is 6.17. The standard InChI is InChI=1S/C24H22N2O2/c1-16-9-10-19-14-20(24(28)26-22(19)13-16)11-12-25-23(27)15-18-7-4-6-17-5-2-3-8-21(17)18/h2-10,13-14H,11-12,15H2,1H3,(H,25,27)(H,26,28). The van der Waals surface area contributed by atoms with Gasteiger partial charge in [0.25, 0.3) is 5.56 Å². The summed E-state index contributed by atoms with van der Waals surface area (Å²) in [6.07, 6.45) is 0.829. The highest BCUT2D eigenvalue weighted by Crippen LogP contribution is 2.19. The van der Waals surface area contributed by atoms with E-state index in [1.165, 1.54) is 0 Å². The molecule has 0 radical (unpaired) electrons. The van der Waals surface area contributed by atoms with E-state index in [1.807, 2.05) is 73.7 Å². The number of H-pyrrole nitrogens is 1. The smallest absolute Gasteiger partial charge is 0.251 e. The molecule has 0 fully saturated rings. The van der Waals surface area contributed by atoms with E-state index in [4.69, 9.17) is 0 Å². The molecular weight excluding hydrogens is 348 g/mol. The highest BCUT2D eigenvalue weighted by Gasteiger charge is 2.08. The van der Waals surface area contributed by atoms with Crippen LogP contribution in [0.2, 0.25) is 0 Å². The maximum absolute atomic E-state index is 12.4. The second-order valence-electron chi connectivity index (χ2n) is 7.13. The number of carbonyl (C=O) groups is 1. The summed E-state index contributed by atoms with van der Waals surface area (Å²) in [6.45, 7) is 2.43. The Bertz CT molecular complexity index is 1220. The quantitative estimate of drug-likeness (QED) is 0.560. The minimum atomic E-state index is -0.0959. The van der Waals surface area contributed by atoms with Crippen molar-refractivity contribution in [1.29, 1.82) is 0 Å². The van der Waals surface area contributed by atoms with Crippen molar-refractivity contribution in [3.8, 4) is 0 Å². The van der Waals surface area contributed by atoms with Crippen LogP contribution in [0.1, 0.15) is 16.7 Å². The van der Waals surface area contributed by atoms with E-state index in [0.29, 0.717) is 24.9 Å². The molecule has 4 rings (SSSR count). The molecule has 0 bridgehead atoms. The third-order valence-corrected chi connectivity index (χ3v) is 5.03. The first-order chi connectivity index (χ1) is 13.6. The first kappa shape index (κ1) is 18.0. The Kier molecular flexibility index (Phi) is 4.94. The third kappa shape index (κ3) is 3.81. The molecule has 140 valence electrons. The van der Waals surface area contributed by atoms with Gasteiger partial charge in [-0.05, 0) is 52.8 Å². The number of nitrogens with one attached hydrogen (secondary N) is 2. The molecule has 28 heavy (non-hydrogen) atoms. The van der Waals surface area contributed by atoms with Crippen molar-refractivity contribution in [3.05, 3.63) is 93.8 Å². The number of hydrogen-bond acceptors (Lipinski definition) is 2. The second kappa shape index (κ2) is 7.69. The average molecular weight is 370 g/mol. The Morgan fingerprint density at radius 1 is 0.929 bits per heavy atom. The Hall–Kier alpha value is -3.40. The molecule has 4 aromatic rings. The second-order valence-corrected chi connectivity index (χ2v) is 7.13. The van der Waals surface area contributed by atoms with Crippen LogP contribution >= 0.6 is 0 Å². The van der Waals surface area contributed by atoms with Crippen LogP contribution in [0.25, 0.3) is 21.7 Å². The van der Waals surface area contributed by atoms with Gasteiger partial charge >= 0.3 is 0 Å². The topological polar surface area (TPSA) is 62.0 Å². The van der Waals surface area contributed by atoms with Gasteiger partial charge in [0.15, 0.2) is 0 Å². The maximum Gasteiger partial charge on any atom is 0.251 e. The summed E-state index contributed by atoms with van der Waals surface area (Å²) < 4.78 is 0. The fraction of sp³-hybridized carbons (Fsp3) is 0.167. The average Bonchev–Trinajstić information content (AvgIpc) is 2.69.